The van der Waals surface area contributed by atoms with Crippen molar-refractivity contribution in [1.82, 2.24) is 19.7 Å². The molecule has 0 unspecified atom stereocenters. The van der Waals surface area contributed by atoms with Crippen molar-refractivity contribution in [2.45, 2.75) is 31.5 Å². The van der Waals surface area contributed by atoms with Gasteiger partial charge in [-0.25, -0.2) is 9.37 Å². The van der Waals surface area contributed by atoms with E-state index >= 15 is 0 Å². The van der Waals surface area contributed by atoms with E-state index in [4.69, 9.17) is 4.42 Å². The summed E-state index contributed by atoms with van der Waals surface area (Å²) in [6.07, 6.45) is 3.88. The molecule has 4 aromatic rings. The Hall–Kier alpha value is -2.92. The number of anilines is 2. The smallest absolute Gasteiger partial charge is 0.236 e. The molecule has 4 heterocycles. The van der Waals surface area contributed by atoms with Crippen LogP contribution >= 0.6 is 23.1 Å². The molecular formula is C22H23FN6O2S2. The van der Waals surface area contributed by atoms with E-state index in [1.54, 1.807) is 12.3 Å². The van der Waals surface area contributed by atoms with Crippen LogP contribution in [-0.4, -0.2) is 44.5 Å². The largest absolute Gasteiger partial charge is 0.467 e. The summed E-state index contributed by atoms with van der Waals surface area (Å²) in [5, 5.41) is 12.7. The average Bonchev–Trinajstić information content (AvgIpc) is 3.53. The zero-order valence-electron chi connectivity index (χ0n) is 18.0. The minimum Gasteiger partial charge on any atom is -0.467 e. The fourth-order valence-corrected chi connectivity index (χ4v) is 5.40. The van der Waals surface area contributed by atoms with Crippen molar-refractivity contribution in [3.8, 4) is 0 Å². The van der Waals surface area contributed by atoms with Gasteiger partial charge in [-0.2, -0.15) is 0 Å². The minimum absolute atomic E-state index is 0.150. The molecule has 0 bridgehead atoms. The molecule has 172 valence electrons. The van der Waals surface area contributed by atoms with Gasteiger partial charge < -0.3 is 14.6 Å². The fraction of sp³-hybridized carbons (Fsp3) is 0.364. The van der Waals surface area contributed by atoms with Gasteiger partial charge in [0.2, 0.25) is 11.9 Å². The molecule has 1 saturated heterocycles. The van der Waals surface area contributed by atoms with E-state index in [2.05, 4.69) is 32.3 Å². The van der Waals surface area contributed by atoms with E-state index in [9.17, 15) is 9.18 Å². The van der Waals surface area contributed by atoms with Crippen LogP contribution in [0, 0.1) is 11.7 Å². The lowest BCUT2D eigenvalue weighted by Gasteiger charge is -2.31. The predicted octanol–water partition coefficient (Wildman–Crippen LogP) is 4.64. The van der Waals surface area contributed by atoms with Crippen molar-refractivity contribution in [2.24, 2.45) is 5.92 Å². The molecule has 3 aromatic heterocycles. The van der Waals surface area contributed by atoms with Gasteiger partial charge in [0.1, 0.15) is 11.6 Å². The van der Waals surface area contributed by atoms with E-state index in [-0.39, 0.29) is 17.5 Å². The maximum atomic E-state index is 13.4. The fourth-order valence-electron chi connectivity index (χ4n) is 3.76. The molecule has 1 N–H and O–H groups in total. The minimum atomic E-state index is -0.325. The van der Waals surface area contributed by atoms with Gasteiger partial charge in [0.05, 0.1) is 28.8 Å². The van der Waals surface area contributed by atoms with Gasteiger partial charge in [-0.15, -0.1) is 10.2 Å². The second-order valence-electron chi connectivity index (χ2n) is 8.09. The van der Waals surface area contributed by atoms with Crippen LogP contribution in [0.3, 0.4) is 0 Å². The summed E-state index contributed by atoms with van der Waals surface area (Å²) in [5.41, 5.74) is 0.656. The van der Waals surface area contributed by atoms with Crippen LogP contribution < -0.4 is 10.2 Å². The van der Waals surface area contributed by atoms with Gasteiger partial charge >= 0.3 is 0 Å². The predicted molar refractivity (Wildman–Crippen MR) is 127 cm³/mol. The Bertz CT molecular complexity index is 1250. The molecule has 1 aromatic carbocycles. The first kappa shape index (κ1) is 21.9. The molecular weight excluding hydrogens is 463 g/mol. The van der Waals surface area contributed by atoms with Crippen LogP contribution in [0.15, 0.2) is 46.2 Å². The van der Waals surface area contributed by atoms with Gasteiger partial charge in [0.25, 0.3) is 0 Å². The molecule has 11 heteroatoms. The van der Waals surface area contributed by atoms with Gasteiger partial charge in [-0.05, 0) is 49.1 Å². The average molecular weight is 487 g/mol. The van der Waals surface area contributed by atoms with E-state index in [1.165, 1.54) is 35.2 Å². The van der Waals surface area contributed by atoms with E-state index in [1.807, 2.05) is 16.7 Å². The summed E-state index contributed by atoms with van der Waals surface area (Å²) in [4.78, 5) is 19.2. The summed E-state index contributed by atoms with van der Waals surface area (Å²) >= 11 is 2.56. The number of hydrogen-bond donors (Lipinski definition) is 1. The third-order valence-corrected chi connectivity index (χ3v) is 7.49. The van der Waals surface area contributed by atoms with Crippen molar-refractivity contribution in [2.75, 3.05) is 29.1 Å². The van der Waals surface area contributed by atoms with Gasteiger partial charge in [0.15, 0.2) is 10.3 Å². The molecule has 1 amide bonds. The summed E-state index contributed by atoms with van der Waals surface area (Å²) in [5.74, 6) is 1.93. The van der Waals surface area contributed by atoms with Crippen molar-refractivity contribution in [1.29, 1.82) is 0 Å². The van der Waals surface area contributed by atoms with Gasteiger partial charge in [-0.1, -0.05) is 30.0 Å². The first-order valence-corrected chi connectivity index (χ1v) is 12.5. The molecule has 33 heavy (non-hydrogen) atoms. The summed E-state index contributed by atoms with van der Waals surface area (Å²) < 4.78 is 21.7. The van der Waals surface area contributed by atoms with Crippen LogP contribution in [0.4, 0.5) is 15.5 Å². The quantitative estimate of drug-likeness (QED) is 0.381. The van der Waals surface area contributed by atoms with Crippen LogP contribution in [0.25, 0.3) is 10.2 Å². The van der Waals surface area contributed by atoms with Crippen LogP contribution in [0.5, 0.6) is 0 Å². The number of aromatic nitrogens is 4. The number of nitrogens with one attached hydrogen (secondary N) is 1. The molecule has 5 rings (SSSR count). The standard InChI is InChI=1S/C22H23FN6O2S2/c1-14-6-8-28(9-7-14)21-26-27-22(29(21)12-16-3-2-10-31-16)32-13-19(30)25-20-24-17-5-4-15(23)11-18(17)33-20/h2-5,10-11,14H,6-9,12-13H2,1H3,(H,24,25,30). The lowest BCUT2D eigenvalue weighted by Crippen LogP contribution is -2.35. The Labute approximate surface area is 198 Å². The highest BCUT2D eigenvalue weighted by Gasteiger charge is 2.24. The van der Waals surface area contributed by atoms with Crippen LogP contribution in [0.2, 0.25) is 0 Å². The molecule has 1 fully saturated rings. The molecule has 0 saturated carbocycles. The second-order valence-corrected chi connectivity index (χ2v) is 10.1. The number of thioether (sulfide) groups is 1. The monoisotopic (exact) mass is 486 g/mol. The first-order valence-electron chi connectivity index (χ1n) is 10.7. The Morgan fingerprint density at radius 1 is 1.30 bits per heavy atom. The Morgan fingerprint density at radius 3 is 2.94 bits per heavy atom. The number of amides is 1. The van der Waals surface area contributed by atoms with Crippen molar-refractivity contribution >= 4 is 50.3 Å². The SMILES string of the molecule is CC1CCN(c2nnc(SCC(=O)Nc3nc4ccc(F)cc4s3)n2Cc2ccco2)CC1. The summed E-state index contributed by atoms with van der Waals surface area (Å²) in [7, 11) is 0. The molecule has 1 aliphatic heterocycles. The molecule has 0 radical (unpaired) electrons. The van der Waals surface area contributed by atoms with Crippen molar-refractivity contribution < 1.29 is 13.6 Å². The zero-order valence-corrected chi connectivity index (χ0v) is 19.7. The molecule has 0 atom stereocenters. The number of furan rings is 1. The summed E-state index contributed by atoms with van der Waals surface area (Å²) in [6, 6.07) is 8.14. The van der Waals surface area contributed by atoms with Gasteiger partial charge in [0, 0.05) is 13.1 Å². The molecule has 0 aliphatic carbocycles. The number of carbonyl (C=O) groups is 1. The Kier molecular flexibility index (Phi) is 6.32. The third kappa shape index (κ3) is 5.03. The van der Waals surface area contributed by atoms with Gasteiger partial charge in [-0.3, -0.25) is 9.36 Å². The molecule has 8 nitrogen and oxygen atoms in total. The number of benzene rings is 1. The highest BCUT2D eigenvalue weighted by Crippen LogP contribution is 2.29. The van der Waals surface area contributed by atoms with E-state index < -0.39 is 0 Å². The topological polar surface area (TPSA) is 89.1 Å². The highest BCUT2D eigenvalue weighted by molar-refractivity contribution is 7.99. The number of piperidine rings is 1. The van der Waals surface area contributed by atoms with Crippen LogP contribution in [0.1, 0.15) is 25.5 Å². The number of halogens is 1. The normalized spacial score (nSPS) is 14.8. The highest BCUT2D eigenvalue weighted by atomic mass is 32.2. The number of fused-ring (bicyclic) bond motifs is 1. The number of carbonyl (C=O) groups excluding carboxylic acids is 1. The maximum absolute atomic E-state index is 13.4. The van der Waals surface area contributed by atoms with E-state index in [0.29, 0.717) is 33.0 Å². The maximum Gasteiger partial charge on any atom is 0.236 e. The number of nitrogens with zero attached hydrogens (tertiary/aromatic N) is 5. The third-order valence-electron chi connectivity index (χ3n) is 5.59. The molecule has 1 aliphatic rings. The van der Waals surface area contributed by atoms with Crippen molar-refractivity contribution in [3.05, 3.63) is 48.2 Å². The zero-order chi connectivity index (χ0) is 22.8. The Morgan fingerprint density at radius 2 is 2.15 bits per heavy atom. The Balaban J connectivity index is 1.29. The number of hydrogen-bond acceptors (Lipinski definition) is 8. The second kappa shape index (κ2) is 9.52. The lowest BCUT2D eigenvalue weighted by atomic mass is 10.00. The lowest BCUT2D eigenvalue weighted by molar-refractivity contribution is -0.113. The first-order chi connectivity index (χ1) is 16.0. The van der Waals surface area contributed by atoms with Crippen LogP contribution in [-0.2, 0) is 11.3 Å². The molecule has 0 spiro atoms. The summed E-state index contributed by atoms with van der Waals surface area (Å²) in [6.45, 7) is 4.63. The number of rotatable bonds is 7. The van der Waals surface area contributed by atoms with E-state index in [0.717, 1.165) is 37.6 Å². The van der Waals surface area contributed by atoms with Crippen molar-refractivity contribution in [3.63, 3.8) is 0 Å². The number of thiazole rings is 1.